The first-order valence-electron chi connectivity index (χ1n) is 5.43. The average Bonchev–Trinajstić information content (AvgIpc) is 2.27. The van der Waals surface area contributed by atoms with Crippen molar-refractivity contribution in [2.45, 2.75) is 6.04 Å². The maximum atomic E-state index is 11.6. The molecule has 1 aliphatic rings. The van der Waals surface area contributed by atoms with Gasteiger partial charge in [-0.1, -0.05) is 6.07 Å². The van der Waals surface area contributed by atoms with E-state index in [4.69, 9.17) is 5.26 Å². The van der Waals surface area contributed by atoms with Gasteiger partial charge in [-0.3, -0.25) is 0 Å². The minimum Gasteiger partial charge on any atom is -0.333 e. The number of nitrogens with zero attached hydrogens (tertiary/aromatic N) is 2. The smallest absolute Gasteiger partial charge is 0.319 e. The second-order valence-electron chi connectivity index (χ2n) is 4.21. The lowest BCUT2D eigenvalue weighted by atomic mass is 10.1. The van der Waals surface area contributed by atoms with E-state index in [0.29, 0.717) is 11.3 Å². The molecule has 2 amide bonds. The molecule has 5 heteroatoms. The summed E-state index contributed by atoms with van der Waals surface area (Å²) in [5, 5.41) is 14.3. The first-order chi connectivity index (χ1) is 8.17. The highest BCUT2D eigenvalue weighted by atomic mass is 16.2. The van der Waals surface area contributed by atoms with Crippen LogP contribution in [0.3, 0.4) is 0 Å². The zero-order valence-electron chi connectivity index (χ0n) is 9.60. The summed E-state index contributed by atoms with van der Waals surface area (Å²) in [6.45, 7) is 1.76. The second-order valence-corrected chi connectivity index (χ2v) is 4.21. The highest BCUT2D eigenvalue weighted by Gasteiger charge is 2.24. The number of urea groups is 1. The first-order valence-corrected chi connectivity index (χ1v) is 5.43. The summed E-state index contributed by atoms with van der Waals surface area (Å²) in [6.07, 6.45) is 0. The Kier molecular flexibility index (Phi) is 3.26. The van der Waals surface area contributed by atoms with Crippen molar-refractivity contribution >= 4 is 11.7 Å². The second kappa shape index (κ2) is 4.85. The van der Waals surface area contributed by atoms with Gasteiger partial charge in [-0.25, -0.2) is 4.79 Å². The lowest BCUT2D eigenvalue weighted by molar-refractivity contribution is 0.165. The van der Waals surface area contributed by atoms with E-state index in [-0.39, 0.29) is 12.1 Å². The van der Waals surface area contributed by atoms with E-state index >= 15 is 0 Å². The Hall–Kier alpha value is -2.06. The van der Waals surface area contributed by atoms with Gasteiger partial charge in [-0.15, -0.1) is 0 Å². The summed E-state index contributed by atoms with van der Waals surface area (Å²) < 4.78 is 0. The van der Waals surface area contributed by atoms with Crippen LogP contribution in [0.4, 0.5) is 10.5 Å². The number of likely N-dealkylation sites (N-methyl/N-ethyl adjacent to an activating group) is 1. The van der Waals surface area contributed by atoms with Gasteiger partial charge in [-0.2, -0.15) is 5.26 Å². The van der Waals surface area contributed by atoms with Crippen molar-refractivity contribution in [2.24, 2.45) is 0 Å². The summed E-state index contributed by atoms with van der Waals surface area (Å²) >= 11 is 0. The molecular weight excluding hydrogens is 216 g/mol. The fourth-order valence-electron chi connectivity index (χ4n) is 1.81. The average molecular weight is 230 g/mol. The molecule has 2 rings (SSSR count). The van der Waals surface area contributed by atoms with Crippen LogP contribution < -0.4 is 10.6 Å². The molecule has 0 unspecified atom stereocenters. The molecule has 1 saturated heterocycles. The molecule has 17 heavy (non-hydrogen) atoms. The van der Waals surface area contributed by atoms with E-state index in [1.807, 2.05) is 13.1 Å². The van der Waals surface area contributed by atoms with Gasteiger partial charge in [0.05, 0.1) is 17.7 Å². The first kappa shape index (κ1) is 11.4. The molecule has 2 N–H and O–H groups in total. The highest BCUT2D eigenvalue weighted by molar-refractivity contribution is 5.89. The molecule has 1 aromatic rings. The summed E-state index contributed by atoms with van der Waals surface area (Å²) in [5.41, 5.74) is 1.17. The Bertz CT molecular complexity index is 460. The third kappa shape index (κ3) is 2.95. The minimum absolute atomic E-state index is 0.221. The monoisotopic (exact) mass is 230 g/mol. The molecule has 88 valence electrons. The molecule has 5 nitrogen and oxygen atoms in total. The van der Waals surface area contributed by atoms with Crippen LogP contribution in [0.2, 0.25) is 0 Å². The van der Waals surface area contributed by atoms with Crippen molar-refractivity contribution in [1.82, 2.24) is 10.2 Å². The molecule has 0 aliphatic carbocycles. The Morgan fingerprint density at radius 2 is 2.29 bits per heavy atom. The maximum Gasteiger partial charge on any atom is 0.319 e. The zero-order valence-corrected chi connectivity index (χ0v) is 9.60. The zero-order chi connectivity index (χ0) is 12.3. The van der Waals surface area contributed by atoms with Crippen LogP contribution in [-0.2, 0) is 0 Å². The van der Waals surface area contributed by atoms with Crippen molar-refractivity contribution in [3.05, 3.63) is 29.8 Å². The van der Waals surface area contributed by atoms with Gasteiger partial charge in [0.15, 0.2) is 0 Å². The molecule has 0 radical (unpaired) electrons. The fraction of sp³-hybridized carbons (Fsp3) is 0.333. The molecule has 0 atom stereocenters. The number of carbonyl (C=O) groups is 1. The van der Waals surface area contributed by atoms with E-state index in [1.165, 1.54) is 0 Å². The van der Waals surface area contributed by atoms with Gasteiger partial charge in [0.25, 0.3) is 0 Å². The van der Waals surface area contributed by atoms with E-state index in [1.54, 1.807) is 24.3 Å². The molecular formula is C12H14N4O. The van der Waals surface area contributed by atoms with E-state index in [9.17, 15) is 4.79 Å². The van der Waals surface area contributed by atoms with Gasteiger partial charge in [-0.05, 0) is 25.2 Å². The fourth-order valence-corrected chi connectivity index (χ4v) is 1.81. The number of benzene rings is 1. The normalized spacial score (nSPS) is 15.8. The molecule has 1 heterocycles. The van der Waals surface area contributed by atoms with E-state index < -0.39 is 0 Å². The van der Waals surface area contributed by atoms with E-state index in [0.717, 1.165) is 13.1 Å². The number of carbonyl (C=O) groups excluding carboxylic acids is 1. The number of nitriles is 1. The van der Waals surface area contributed by atoms with Crippen LogP contribution in [0.5, 0.6) is 0 Å². The summed E-state index contributed by atoms with van der Waals surface area (Å²) in [5.74, 6) is 0. The maximum absolute atomic E-state index is 11.6. The van der Waals surface area contributed by atoms with Gasteiger partial charge in [0.2, 0.25) is 0 Å². The van der Waals surface area contributed by atoms with Crippen LogP contribution in [0.15, 0.2) is 24.3 Å². The van der Waals surface area contributed by atoms with Gasteiger partial charge in [0, 0.05) is 18.8 Å². The van der Waals surface area contributed by atoms with Crippen LogP contribution in [0, 0.1) is 11.3 Å². The van der Waals surface area contributed by atoms with Gasteiger partial charge < -0.3 is 15.5 Å². The number of likely N-dealkylation sites (tertiary alicyclic amines) is 1. The SMILES string of the molecule is CN1CC(NC(=O)Nc2cccc(C#N)c2)C1. The Morgan fingerprint density at radius 3 is 2.94 bits per heavy atom. The summed E-state index contributed by atoms with van der Waals surface area (Å²) in [7, 11) is 2.01. The van der Waals surface area contributed by atoms with Crippen molar-refractivity contribution in [1.29, 1.82) is 5.26 Å². The van der Waals surface area contributed by atoms with Crippen LogP contribution in [0.1, 0.15) is 5.56 Å². The lowest BCUT2D eigenvalue weighted by Gasteiger charge is -2.36. The van der Waals surface area contributed by atoms with Crippen LogP contribution in [0.25, 0.3) is 0 Å². The minimum atomic E-state index is -0.224. The summed E-state index contributed by atoms with van der Waals surface area (Å²) in [4.78, 5) is 13.7. The van der Waals surface area contributed by atoms with Gasteiger partial charge >= 0.3 is 6.03 Å². The third-order valence-corrected chi connectivity index (χ3v) is 2.65. The third-order valence-electron chi connectivity index (χ3n) is 2.65. The highest BCUT2D eigenvalue weighted by Crippen LogP contribution is 2.10. The van der Waals surface area contributed by atoms with Crippen molar-refractivity contribution < 1.29 is 4.79 Å². The molecule has 1 aliphatic heterocycles. The van der Waals surface area contributed by atoms with Crippen LogP contribution >= 0.6 is 0 Å². The Labute approximate surface area is 100 Å². The van der Waals surface area contributed by atoms with Crippen molar-refractivity contribution in [2.75, 3.05) is 25.5 Å². The van der Waals surface area contributed by atoms with Crippen molar-refractivity contribution in [3.63, 3.8) is 0 Å². The number of amides is 2. The number of hydrogen-bond acceptors (Lipinski definition) is 3. The predicted molar refractivity (Wildman–Crippen MR) is 64.6 cm³/mol. The molecule has 0 spiro atoms. The standard InChI is InChI=1S/C12H14N4O/c1-16-7-11(8-16)15-12(17)14-10-4-2-3-9(5-10)6-13/h2-5,11H,7-8H2,1H3,(H2,14,15,17). The molecule has 1 aromatic carbocycles. The number of hydrogen-bond donors (Lipinski definition) is 2. The Morgan fingerprint density at radius 1 is 1.53 bits per heavy atom. The molecule has 0 aromatic heterocycles. The van der Waals surface area contributed by atoms with Gasteiger partial charge in [0.1, 0.15) is 0 Å². The quantitative estimate of drug-likeness (QED) is 0.796. The van der Waals surface area contributed by atoms with Crippen LogP contribution in [-0.4, -0.2) is 37.1 Å². The Balaban J connectivity index is 1.87. The molecule has 0 bridgehead atoms. The van der Waals surface area contributed by atoms with Crippen molar-refractivity contribution in [3.8, 4) is 6.07 Å². The molecule has 0 saturated carbocycles. The number of anilines is 1. The van der Waals surface area contributed by atoms with E-state index in [2.05, 4.69) is 15.5 Å². The predicted octanol–water partition coefficient (Wildman–Crippen LogP) is 0.994. The molecule has 1 fully saturated rings. The topological polar surface area (TPSA) is 68.2 Å². The lowest BCUT2D eigenvalue weighted by Crippen LogP contribution is -2.58. The number of rotatable bonds is 2. The summed E-state index contributed by atoms with van der Waals surface area (Å²) in [6, 6.07) is 8.87. The number of nitrogens with one attached hydrogen (secondary N) is 2. The largest absolute Gasteiger partial charge is 0.333 e.